The molecule has 0 aliphatic carbocycles. The van der Waals surface area contributed by atoms with E-state index in [9.17, 15) is 4.39 Å². The van der Waals surface area contributed by atoms with Crippen LogP contribution in [0.2, 0.25) is 5.02 Å². The van der Waals surface area contributed by atoms with Gasteiger partial charge >= 0.3 is 0 Å². The van der Waals surface area contributed by atoms with Crippen LogP contribution in [0.3, 0.4) is 0 Å². The van der Waals surface area contributed by atoms with Gasteiger partial charge in [0.1, 0.15) is 5.82 Å². The summed E-state index contributed by atoms with van der Waals surface area (Å²) in [5.74, 6) is 0.0506. The lowest BCUT2D eigenvalue weighted by Gasteiger charge is -2.02. The topological polar surface area (TPSA) is 64.9 Å². The summed E-state index contributed by atoms with van der Waals surface area (Å²) >= 11 is 5.86. The molecule has 0 radical (unpaired) electrons. The second-order valence-electron chi connectivity index (χ2n) is 3.27. The molecule has 2 N–H and O–H groups in total. The first-order chi connectivity index (χ1) is 7.63. The Labute approximate surface area is 96.2 Å². The minimum absolute atomic E-state index is 0.00984. The molecule has 0 saturated carbocycles. The second-order valence-corrected chi connectivity index (χ2v) is 3.65. The van der Waals surface area contributed by atoms with Gasteiger partial charge in [-0.25, -0.2) is 4.39 Å². The first-order valence-corrected chi connectivity index (χ1v) is 4.99. The molecule has 1 aromatic heterocycles. The monoisotopic (exact) mass is 241 g/mol. The predicted molar refractivity (Wildman–Crippen MR) is 57.3 cm³/mol. The highest BCUT2D eigenvalue weighted by molar-refractivity contribution is 6.33. The number of nitrogens with two attached hydrogens (primary N) is 1. The number of aromatic nitrogens is 2. The van der Waals surface area contributed by atoms with E-state index in [2.05, 4.69) is 10.1 Å². The third kappa shape index (κ3) is 1.79. The molecular formula is C10H9ClFN3O. The third-order valence-electron chi connectivity index (χ3n) is 2.16. The van der Waals surface area contributed by atoms with Crippen LogP contribution in [0.5, 0.6) is 0 Å². The maximum atomic E-state index is 13.5. The predicted octanol–water partition coefficient (Wildman–Crippen LogP) is 2.30. The lowest BCUT2D eigenvalue weighted by atomic mass is 10.1. The van der Waals surface area contributed by atoms with Crippen molar-refractivity contribution < 1.29 is 8.91 Å². The number of hydrogen-bond acceptors (Lipinski definition) is 4. The van der Waals surface area contributed by atoms with Crippen LogP contribution in [0.25, 0.3) is 11.4 Å². The van der Waals surface area contributed by atoms with Crippen LogP contribution in [0.4, 0.5) is 4.39 Å². The average Bonchev–Trinajstić information content (AvgIpc) is 2.74. The minimum atomic E-state index is -0.474. The van der Waals surface area contributed by atoms with Crippen LogP contribution in [0.15, 0.2) is 16.7 Å². The molecule has 1 aromatic carbocycles. The van der Waals surface area contributed by atoms with Gasteiger partial charge in [0.2, 0.25) is 11.7 Å². The van der Waals surface area contributed by atoms with Gasteiger partial charge < -0.3 is 10.3 Å². The van der Waals surface area contributed by atoms with Crippen molar-refractivity contribution in [3.63, 3.8) is 0 Å². The molecule has 1 heterocycles. The number of nitrogens with zero attached hydrogens (tertiary/aromatic N) is 2. The van der Waals surface area contributed by atoms with E-state index in [1.807, 2.05) is 0 Å². The Bertz CT molecular complexity index is 527. The lowest BCUT2D eigenvalue weighted by Crippen LogP contribution is -1.96. The Kier molecular flexibility index (Phi) is 2.89. The highest BCUT2D eigenvalue weighted by Gasteiger charge is 2.15. The highest BCUT2D eigenvalue weighted by Crippen LogP contribution is 2.29. The van der Waals surface area contributed by atoms with Crippen molar-refractivity contribution in [2.45, 2.75) is 13.5 Å². The van der Waals surface area contributed by atoms with Crippen LogP contribution < -0.4 is 5.73 Å². The first-order valence-electron chi connectivity index (χ1n) is 4.61. The second kappa shape index (κ2) is 4.19. The Balaban J connectivity index is 2.52. The molecule has 0 amide bonds. The molecule has 2 aromatic rings. The molecule has 2 rings (SSSR count). The fourth-order valence-electron chi connectivity index (χ4n) is 1.27. The van der Waals surface area contributed by atoms with Crippen LogP contribution in [-0.2, 0) is 6.54 Å². The van der Waals surface area contributed by atoms with E-state index in [1.165, 1.54) is 0 Å². The molecule has 16 heavy (non-hydrogen) atoms. The van der Waals surface area contributed by atoms with Crippen molar-refractivity contribution >= 4 is 11.6 Å². The molecule has 0 unspecified atom stereocenters. The Hall–Kier alpha value is -1.46. The molecule has 0 aliphatic heterocycles. The van der Waals surface area contributed by atoms with Crippen molar-refractivity contribution in [3.05, 3.63) is 34.4 Å². The van der Waals surface area contributed by atoms with Gasteiger partial charge in [0.25, 0.3) is 0 Å². The van der Waals surface area contributed by atoms with Crippen LogP contribution in [0.1, 0.15) is 11.5 Å². The zero-order chi connectivity index (χ0) is 11.7. The van der Waals surface area contributed by atoms with Crippen LogP contribution >= 0.6 is 11.6 Å². The van der Waals surface area contributed by atoms with Gasteiger partial charge in [0, 0.05) is 5.56 Å². The summed E-state index contributed by atoms with van der Waals surface area (Å²) in [6.45, 7) is 1.77. The molecule has 0 saturated heterocycles. The van der Waals surface area contributed by atoms with E-state index < -0.39 is 5.82 Å². The summed E-state index contributed by atoms with van der Waals surface area (Å²) in [5, 5.41) is 3.66. The summed E-state index contributed by atoms with van der Waals surface area (Å²) < 4.78 is 18.3. The summed E-state index contributed by atoms with van der Waals surface area (Å²) in [5.41, 5.74) is 6.20. The van der Waals surface area contributed by atoms with Crippen molar-refractivity contribution in [1.29, 1.82) is 0 Å². The van der Waals surface area contributed by atoms with E-state index in [-0.39, 0.29) is 23.3 Å². The van der Waals surface area contributed by atoms with Gasteiger partial charge in [-0.05, 0) is 18.6 Å². The molecule has 4 nitrogen and oxygen atoms in total. The van der Waals surface area contributed by atoms with Crippen molar-refractivity contribution in [2.24, 2.45) is 5.73 Å². The fourth-order valence-corrected chi connectivity index (χ4v) is 1.56. The van der Waals surface area contributed by atoms with Gasteiger partial charge in [-0.1, -0.05) is 22.8 Å². The molecule has 6 heteroatoms. The van der Waals surface area contributed by atoms with E-state index in [0.717, 1.165) is 0 Å². The third-order valence-corrected chi connectivity index (χ3v) is 2.53. The Morgan fingerprint density at radius 3 is 2.88 bits per heavy atom. The van der Waals surface area contributed by atoms with E-state index in [1.54, 1.807) is 19.1 Å². The maximum absolute atomic E-state index is 13.5. The summed E-state index contributed by atoms with van der Waals surface area (Å²) in [7, 11) is 0. The van der Waals surface area contributed by atoms with Gasteiger partial charge in [-0.3, -0.25) is 0 Å². The fraction of sp³-hybridized carbons (Fsp3) is 0.200. The number of rotatable bonds is 2. The number of aryl methyl sites for hydroxylation is 1. The van der Waals surface area contributed by atoms with Gasteiger partial charge in [-0.2, -0.15) is 4.98 Å². The van der Waals surface area contributed by atoms with Crippen LogP contribution in [0, 0.1) is 12.7 Å². The zero-order valence-corrected chi connectivity index (χ0v) is 9.25. The highest BCUT2D eigenvalue weighted by atomic mass is 35.5. The summed E-state index contributed by atoms with van der Waals surface area (Å²) in [6.07, 6.45) is 0. The molecule has 84 valence electrons. The number of hydrogen-bond donors (Lipinski definition) is 1. The van der Waals surface area contributed by atoms with Crippen molar-refractivity contribution in [3.8, 4) is 11.4 Å². The van der Waals surface area contributed by atoms with Crippen LogP contribution in [-0.4, -0.2) is 10.1 Å². The molecular weight excluding hydrogens is 233 g/mol. The minimum Gasteiger partial charge on any atom is -0.338 e. The molecule has 0 bridgehead atoms. The SMILES string of the molecule is Cc1ccc(-c2noc(CN)n2)c(Cl)c1F. The maximum Gasteiger partial charge on any atom is 0.240 e. The van der Waals surface area contributed by atoms with Gasteiger partial charge in [0.15, 0.2) is 0 Å². The quantitative estimate of drug-likeness (QED) is 0.876. The Morgan fingerprint density at radius 2 is 2.25 bits per heavy atom. The summed E-state index contributed by atoms with van der Waals surface area (Å²) in [6, 6.07) is 3.25. The average molecular weight is 242 g/mol. The molecule has 0 fully saturated rings. The van der Waals surface area contributed by atoms with E-state index >= 15 is 0 Å². The Morgan fingerprint density at radius 1 is 1.50 bits per heavy atom. The number of benzene rings is 1. The van der Waals surface area contributed by atoms with E-state index in [0.29, 0.717) is 11.1 Å². The zero-order valence-electron chi connectivity index (χ0n) is 8.50. The van der Waals surface area contributed by atoms with Crippen molar-refractivity contribution in [1.82, 2.24) is 10.1 Å². The normalized spacial score (nSPS) is 10.8. The first kappa shape index (κ1) is 11.0. The standard InChI is InChI=1S/C10H9ClFN3O/c1-5-2-3-6(8(11)9(5)12)10-14-7(4-13)16-15-10/h2-3H,4,13H2,1H3. The van der Waals surface area contributed by atoms with Crippen molar-refractivity contribution in [2.75, 3.05) is 0 Å². The van der Waals surface area contributed by atoms with Gasteiger partial charge in [-0.15, -0.1) is 0 Å². The van der Waals surface area contributed by atoms with Gasteiger partial charge in [0.05, 0.1) is 11.6 Å². The molecule has 0 atom stereocenters. The number of halogens is 2. The largest absolute Gasteiger partial charge is 0.338 e. The summed E-state index contributed by atoms with van der Waals surface area (Å²) in [4.78, 5) is 3.98. The molecule has 0 aliphatic rings. The molecule has 0 spiro atoms. The lowest BCUT2D eigenvalue weighted by molar-refractivity contribution is 0.380. The smallest absolute Gasteiger partial charge is 0.240 e. The van der Waals surface area contributed by atoms with E-state index in [4.69, 9.17) is 21.9 Å².